The van der Waals surface area contributed by atoms with E-state index >= 15 is 0 Å². The van der Waals surface area contributed by atoms with Crippen molar-refractivity contribution in [1.29, 1.82) is 0 Å². The minimum Gasteiger partial charge on any atom is -0.353 e. The molecule has 140 valence electrons. The second-order valence-electron chi connectivity index (χ2n) is 6.96. The van der Waals surface area contributed by atoms with Crippen LogP contribution in [-0.2, 0) is 0 Å². The van der Waals surface area contributed by atoms with Crippen molar-refractivity contribution >= 4 is 17.5 Å². The molecule has 0 saturated carbocycles. The molecule has 27 heavy (non-hydrogen) atoms. The van der Waals surface area contributed by atoms with Crippen molar-refractivity contribution in [3.8, 4) is 0 Å². The molecule has 3 aromatic heterocycles. The van der Waals surface area contributed by atoms with E-state index in [2.05, 4.69) is 29.9 Å². The van der Waals surface area contributed by atoms with Crippen LogP contribution in [0.15, 0.2) is 24.7 Å². The van der Waals surface area contributed by atoms with Crippen molar-refractivity contribution < 1.29 is 4.79 Å². The molecule has 9 nitrogen and oxygen atoms in total. The Kier molecular flexibility index (Phi) is 4.43. The third kappa shape index (κ3) is 3.32. The summed E-state index contributed by atoms with van der Waals surface area (Å²) in [6, 6.07) is 3.68. The second-order valence-corrected chi connectivity index (χ2v) is 6.96. The average Bonchev–Trinajstić information content (AvgIpc) is 3.15. The maximum Gasteiger partial charge on any atom is 0.272 e. The number of amides is 1. The highest BCUT2D eigenvalue weighted by molar-refractivity contribution is 5.92. The zero-order valence-corrected chi connectivity index (χ0v) is 15.7. The number of hydrogen-bond acceptors (Lipinski definition) is 7. The van der Waals surface area contributed by atoms with Gasteiger partial charge in [0.25, 0.3) is 11.7 Å². The van der Waals surface area contributed by atoms with Crippen LogP contribution in [0.5, 0.6) is 0 Å². The molecule has 0 spiro atoms. The lowest BCUT2D eigenvalue weighted by atomic mass is 10.2. The number of fused-ring (bicyclic) bond motifs is 1. The molecular weight excluding hydrogens is 344 g/mol. The molecule has 3 aromatic rings. The molecular formula is C18H22N8O. The van der Waals surface area contributed by atoms with Gasteiger partial charge in [-0.3, -0.25) is 4.79 Å². The van der Waals surface area contributed by atoms with Crippen molar-refractivity contribution in [2.24, 2.45) is 0 Å². The first-order chi connectivity index (χ1) is 13.0. The van der Waals surface area contributed by atoms with Crippen LogP contribution in [-0.4, -0.2) is 66.5 Å². The summed E-state index contributed by atoms with van der Waals surface area (Å²) in [6.45, 7) is 8.65. The van der Waals surface area contributed by atoms with Crippen molar-refractivity contribution in [1.82, 2.24) is 34.4 Å². The minimum atomic E-state index is -0.0456. The normalized spacial score (nSPS) is 15.0. The standard InChI is InChI=1S/C18H22N8O/c1-12(2)16-19-5-4-14(23-16)17(27)25-8-6-24(7-9-25)15-10-13(3)22-18-20-11-21-26(15)18/h4-5,10-12H,6-9H2,1-3H3. The predicted molar refractivity (Wildman–Crippen MR) is 99.8 cm³/mol. The lowest BCUT2D eigenvalue weighted by molar-refractivity contribution is 0.0740. The Labute approximate surface area is 157 Å². The monoisotopic (exact) mass is 366 g/mol. The highest BCUT2D eigenvalue weighted by Gasteiger charge is 2.25. The number of carbonyl (C=O) groups excluding carboxylic acids is 1. The Morgan fingerprint density at radius 3 is 2.63 bits per heavy atom. The minimum absolute atomic E-state index is 0.0456. The van der Waals surface area contributed by atoms with E-state index in [4.69, 9.17) is 0 Å². The van der Waals surface area contributed by atoms with Gasteiger partial charge < -0.3 is 9.80 Å². The molecule has 0 aliphatic carbocycles. The van der Waals surface area contributed by atoms with E-state index in [0.29, 0.717) is 43.5 Å². The van der Waals surface area contributed by atoms with Gasteiger partial charge in [-0.25, -0.2) is 15.0 Å². The Morgan fingerprint density at radius 1 is 1.11 bits per heavy atom. The molecule has 1 amide bonds. The number of aromatic nitrogens is 6. The van der Waals surface area contributed by atoms with Gasteiger partial charge in [0.15, 0.2) is 0 Å². The van der Waals surface area contributed by atoms with Crippen molar-refractivity contribution in [3.63, 3.8) is 0 Å². The van der Waals surface area contributed by atoms with Gasteiger partial charge in [-0.2, -0.15) is 14.6 Å². The zero-order valence-electron chi connectivity index (χ0n) is 15.7. The largest absolute Gasteiger partial charge is 0.353 e. The summed E-state index contributed by atoms with van der Waals surface area (Å²) in [5, 5.41) is 4.27. The van der Waals surface area contributed by atoms with E-state index in [-0.39, 0.29) is 11.8 Å². The first-order valence-electron chi connectivity index (χ1n) is 9.07. The van der Waals surface area contributed by atoms with Gasteiger partial charge in [0, 0.05) is 50.1 Å². The average molecular weight is 366 g/mol. The maximum absolute atomic E-state index is 12.8. The van der Waals surface area contributed by atoms with Crippen LogP contribution >= 0.6 is 0 Å². The van der Waals surface area contributed by atoms with Crippen LogP contribution in [0.25, 0.3) is 5.78 Å². The van der Waals surface area contributed by atoms with Crippen molar-refractivity contribution in [3.05, 3.63) is 41.9 Å². The number of carbonyl (C=O) groups is 1. The van der Waals surface area contributed by atoms with Crippen LogP contribution in [0.1, 0.15) is 41.8 Å². The van der Waals surface area contributed by atoms with Gasteiger partial charge in [0.1, 0.15) is 23.7 Å². The van der Waals surface area contributed by atoms with Gasteiger partial charge in [0.2, 0.25) is 0 Å². The number of nitrogens with zero attached hydrogens (tertiary/aromatic N) is 8. The first kappa shape index (κ1) is 17.3. The third-order valence-electron chi connectivity index (χ3n) is 4.66. The highest BCUT2D eigenvalue weighted by atomic mass is 16.2. The number of piperazine rings is 1. The molecule has 1 fully saturated rings. The van der Waals surface area contributed by atoms with Gasteiger partial charge in [0.05, 0.1) is 0 Å². The summed E-state index contributed by atoms with van der Waals surface area (Å²) in [6.07, 6.45) is 3.17. The smallest absolute Gasteiger partial charge is 0.272 e. The predicted octanol–water partition coefficient (Wildman–Crippen LogP) is 1.31. The Balaban J connectivity index is 1.49. The summed E-state index contributed by atoms with van der Waals surface area (Å²) in [7, 11) is 0. The topological polar surface area (TPSA) is 92.4 Å². The van der Waals surface area contributed by atoms with Gasteiger partial charge in [-0.1, -0.05) is 13.8 Å². The van der Waals surface area contributed by atoms with E-state index < -0.39 is 0 Å². The first-order valence-corrected chi connectivity index (χ1v) is 9.07. The molecule has 0 aromatic carbocycles. The Bertz CT molecular complexity index is 974. The molecule has 1 saturated heterocycles. The number of rotatable bonds is 3. The number of aryl methyl sites for hydroxylation is 1. The SMILES string of the molecule is Cc1cc(N2CCN(C(=O)c3ccnc(C(C)C)n3)CC2)n2ncnc2n1. The van der Waals surface area contributed by atoms with Crippen LogP contribution in [0.3, 0.4) is 0 Å². The van der Waals surface area contributed by atoms with E-state index in [1.165, 1.54) is 6.33 Å². The maximum atomic E-state index is 12.8. The molecule has 9 heteroatoms. The Morgan fingerprint density at radius 2 is 1.89 bits per heavy atom. The van der Waals surface area contributed by atoms with Crippen LogP contribution < -0.4 is 4.90 Å². The van der Waals surface area contributed by atoms with Crippen molar-refractivity contribution in [2.45, 2.75) is 26.7 Å². The lowest BCUT2D eigenvalue weighted by Crippen LogP contribution is -2.49. The van der Waals surface area contributed by atoms with Crippen LogP contribution in [0.2, 0.25) is 0 Å². The van der Waals surface area contributed by atoms with Gasteiger partial charge >= 0.3 is 0 Å². The van der Waals surface area contributed by atoms with E-state index in [1.807, 2.05) is 31.7 Å². The van der Waals surface area contributed by atoms with Crippen LogP contribution in [0.4, 0.5) is 5.82 Å². The molecule has 0 atom stereocenters. The fourth-order valence-corrected chi connectivity index (χ4v) is 3.21. The fraction of sp³-hybridized carbons (Fsp3) is 0.444. The summed E-state index contributed by atoms with van der Waals surface area (Å²) >= 11 is 0. The second kappa shape index (κ2) is 6.90. The van der Waals surface area contributed by atoms with E-state index in [0.717, 1.165) is 11.5 Å². The number of hydrogen-bond donors (Lipinski definition) is 0. The summed E-state index contributed by atoms with van der Waals surface area (Å²) in [4.78, 5) is 34.1. The third-order valence-corrected chi connectivity index (χ3v) is 4.66. The summed E-state index contributed by atoms with van der Waals surface area (Å²) < 4.78 is 1.74. The highest BCUT2D eigenvalue weighted by Crippen LogP contribution is 2.19. The summed E-state index contributed by atoms with van der Waals surface area (Å²) in [5.41, 5.74) is 1.35. The fourth-order valence-electron chi connectivity index (χ4n) is 3.21. The Hall–Kier alpha value is -3.10. The molecule has 4 heterocycles. The molecule has 0 bridgehead atoms. The number of anilines is 1. The molecule has 1 aliphatic rings. The van der Waals surface area contributed by atoms with Crippen molar-refractivity contribution in [2.75, 3.05) is 31.1 Å². The molecule has 0 N–H and O–H groups in total. The molecule has 1 aliphatic heterocycles. The van der Waals surface area contributed by atoms with Crippen LogP contribution in [0, 0.1) is 6.92 Å². The van der Waals surface area contributed by atoms with E-state index in [1.54, 1.807) is 16.8 Å². The lowest BCUT2D eigenvalue weighted by Gasteiger charge is -2.35. The molecule has 0 unspecified atom stereocenters. The van der Waals surface area contributed by atoms with Gasteiger partial charge in [-0.15, -0.1) is 0 Å². The molecule has 0 radical (unpaired) electrons. The molecule has 4 rings (SSSR count). The van der Waals surface area contributed by atoms with E-state index in [9.17, 15) is 4.79 Å². The zero-order chi connectivity index (χ0) is 19.0. The quantitative estimate of drug-likeness (QED) is 0.690. The summed E-state index contributed by atoms with van der Waals surface area (Å²) in [5.74, 6) is 2.38. The van der Waals surface area contributed by atoms with Gasteiger partial charge in [-0.05, 0) is 13.0 Å².